The van der Waals surface area contributed by atoms with Gasteiger partial charge in [-0.25, -0.2) is 4.98 Å². The second kappa shape index (κ2) is 6.71. The molecule has 0 saturated heterocycles. The van der Waals surface area contributed by atoms with Gasteiger partial charge in [0, 0.05) is 11.3 Å². The van der Waals surface area contributed by atoms with Gasteiger partial charge in [0.05, 0.1) is 5.69 Å². The molecule has 0 amide bonds. The molecule has 1 heterocycles. The highest BCUT2D eigenvalue weighted by molar-refractivity contribution is 7.15. The molecule has 2 aromatic rings. The van der Waals surface area contributed by atoms with Gasteiger partial charge in [0.2, 0.25) is 0 Å². The largest absolute Gasteiger partial charge is 0.375 e. The number of anilines is 1. The van der Waals surface area contributed by atoms with E-state index in [9.17, 15) is 0 Å². The molecule has 0 fully saturated rings. The molecule has 0 bridgehead atoms. The smallest absolute Gasteiger partial charge is 0.180 e. The molecule has 0 aliphatic carbocycles. The van der Waals surface area contributed by atoms with Crippen molar-refractivity contribution in [1.82, 2.24) is 4.98 Å². The Morgan fingerprint density at radius 1 is 1.00 bits per heavy atom. The summed E-state index contributed by atoms with van der Waals surface area (Å²) < 4.78 is 0. The number of aromatic nitrogens is 1. The first-order valence-corrected chi connectivity index (χ1v) is 7.86. The van der Waals surface area contributed by atoms with Crippen molar-refractivity contribution >= 4 is 16.5 Å². The van der Waals surface area contributed by atoms with Crippen molar-refractivity contribution in [2.45, 2.75) is 46.0 Å². The highest BCUT2D eigenvalue weighted by atomic mass is 32.1. The summed E-state index contributed by atoms with van der Waals surface area (Å²) in [6.45, 7) is 4.39. The zero-order valence-electron chi connectivity index (χ0n) is 11.8. The maximum Gasteiger partial charge on any atom is 0.180 e. The lowest BCUT2D eigenvalue weighted by molar-refractivity contribution is 0.879. The average molecular weight is 274 g/mol. The van der Waals surface area contributed by atoms with E-state index < -0.39 is 0 Å². The number of hydrogen-bond donors (Lipinski definition) is 1. The number of nitrogens with zero attached hydrogens (tertiary/aromatic N) is 1. The van der Waals surface area contributed by atoms with E-state index >= 15 is 0 Å². The molecule has 0 radical (unpaired) electrons. The molecule has 1 aromatic heterocycles. The highest BCUT2D eigenvalue weighted by Crippen LogP contribution is 2.24. The lowest BCUT2D eigenvalue weighted by atomic mass is 10.0. The van der Waals surface area contributed by atoms with Crippen molar-refractivity contribution < 1.29 is 0 Å². The Hall–Kier alpha value is -1.35. The summed E-state index contributed by atoms with van der Waals surface area (Å²) >= 11 is 1.63. The summed E-state index contributed by atoms with van der Waals surface area (Å²) in [5.41, 5.74) is 9.79. The summed E-state index contributed by atoms with van der Waals surface area (Å²) in [4.78, 5) is 5.76. The van der Waals surface area contributed by atoms with Crippen molar-refractivity contribution in [3.05, 3.63) is 46.0 Å². The average Bonchev–Trinajstić information content (AvgIpc) is 2.73. The van der Waals surface area contributed by atoms with Gasteiger partial charge < -0.3 is 5.73 Å². The third kappa shape index (κ3) is 3.80. The van der Waals surface area contributed by atoms with E-state index in [4.69, 9.17) is 5.73 Å². The second-order valence-electron chi connectivity index (χ2n) is 4.92. The van der Waals surface area contributed by atoms with Crippen LogP contribution in [-0.2, 0) is 19.3 Å². The topological polar surface area (TPSA) is 38.9 Å². The summed E-state index contributed by atoms with van der Waals surface area (Å²) in [5.74, 6) is 0. The fourth-order valence-electron chi connectivity index (χ4n) is 2.27. The Labute approximate surface area is 119 Å². The van der Waals surface area contributed by atoms with Crippen molar-refractivity contribution in [2.75, 3.05) is 5.73 Å². The molecule has 0 spiro atoms. The monoisotopic (exact) mass is 274 g/mol. The number of thiazole rings is 1. The van der Waals surface area contributed by atoms with Crippen LogP contribution in [0.3, 0.4) is 0 Å². The minimum atomic E-state index is 0.695. The predicted molar refractivity (Wildman–Crippen MR) is 83.8 cm³/mol. The number of benzene rings is 1. The summed E-state index contributed by atoms with van der Waals surface area (Å²) in [5, 5.41) is 0.695. The number of rotatable bonds is 6. The second-order valence-corrected chi connectivity index (χ2v) is 6.03. The van der Waals surface area contributed by atoms with Crippen molar-refractivity contribution in [3.63, 3.8) is 0 Å². The van der Waals surface area contributed by atoms with E-state index in [1.807, 2.05) is 0 Å². The fourth-order valence-corrected chi connectivity index (χ4v) is 3.18. The Balaban J connectivity index is 2.11. The van der Waals surface area contributed by atoms with E-state index in [1.165, 1.54) is 28.1 Å². The molecule has 2 rings (SSSR count). The molecule has 0 aliphatic heterocycles. The maximum atomic E-state index is 5.83. The van der Waals surface area contributed by atoms with Gasteiger partial charge in [-0.2, -0.15) is 0 Å². The molecule has 0 aliphatic rings. The van der Waals surface area contributed by atoms with Crippen molar-refractivity contribution in [1.29, 1.82) is 0 Å². The van der Waals surface area contributed by atoms with E-state index in [0.717, 1.165) is 25.7 Å². The van der Waals surface area contributed by atoms with Crippen LogP contribution in [-0.4, -0.2) is 4.98 Å². The van der Waals surface area contributed by atoms with E-state index in [-0.39, 0.29) is 0 Å². The molecule has 19 heavy (non-hydrogen) atoms. The lowest BCUT2D eigenvalue weighted by Gasteiger charge is -2.04. The van der Waals surface area contributed by atoms with Crippen LogP contribution in [0.25, 0.3) is 0 Å². The summed E-state index contributed by atoms with van der Waals surface area (Å²) in [6, 6.07) is 8.94. The van der Waals surface area contributed by atoms with Gasteiger partial charge in [-0.3, -0.25) is 0 Å². The Kier molecular flexibility index (Phi) is 4.97. The lowest BCUT2D eigenvalue weighted by Crippen LogP contribution is -1.93. The molecule has 0 atom stereocenters. The van der Waals surface area contributed by atoms with Gasteiger partial charge in [0.15, 0.2) is 5.13 Å². The predicted octanol–water partition coefficient (Wildman–Crippen LogP) is 4.22. The quantitative estimate of drug-likeness (QED) is 0.856. The van der Waals surface area contributed by atoms with Gasteiger partial charge in [0.1, 0.15) is 0 Å². The Bertz CT molecular complexity index is 514. The molecule has 102 valence electrons. The number of nitrogen functional groups attached to an aromatic ring is 1. The minimum absolute atomic E-state index is 0.695. The van der Waals surface area contributed by atoms with Gasteiger partial charge in [0.25, 0.3) is 0 Å². The molecule has 0 unspecified atom stereocenters. The molecule has 1 aromatic carbocycles. The SMILES string of the molecule is CCCc1ccc(Cc2sc(N)nc2CCC)cc1. The van der Waals surface area contributed by atoms with E-state index in [0.29, 0.717) is 5.13 Å². The fraction of sp³-hybridized carbons (Fsp3) is 0.438. The van der Waals surface area contributed by atoms with Gasteiger partial charge in [-0.15, -0.1) is 11.3 Å². The van der Waals surface area contributed by atoms with Crippen LogP contribution in [0, 0.1) is 0 Å². The molecule has 2 N–H and O–H groups in total. The molecular weight excluding hydrogens is 252 g/mol. The first kappa shape index (κ1) is 14.1. The summed E-state index contributed by atoms with van der Waals surface area (Å²) in [6.07, 6.45) is 5.46. The van der Waals surface area contributed by atoms with Gasteiger partial charge >= 0.3 is 0 Å². The van der Waals surface area contributed by atoms with Crippen molar-refractivity contribution in [3.8, 4) is 0 Å². The number of hydrogen-bond acceptors (Lipinski definition) is 3. The third-order valence-corrected chi connectivity index (χ3v) is 4.13. The van der Waals surface area contributed by atoms with Crippen LogP contribution in [0.1, 0.15) is 48.4 Å². The highest BCUT2D eigenvalue weighted by Gasteiger charge is 2.09. The van der Waals surface area contributed by atoms with Crippen LogP contribution in [0.5, 0.6) is 0 Å². The normalized spacial score (nSPS) is 10.8. The molecule has 0 saturated carbocycles. The first-order valence-electron chi connectivity index (χ1n) is 7.04. The standard InChI is InChI=1S/C16H22N2S/c1-3-5-12-7-9-13(10-8-12)11-15-14(6-4-2)18-16(17)19-15/h7-10H,3-6,11H2,1-2H3,(H2,17,18). The minimum Gasteiger partial charge on any atom is -0.375 e. The first-order chi connectivity index (χ1) is 9.22. The van der Waals surface area contributed by atoms with Crippen LogP contribution >= 0.6 is 11.3 Å². The van der Waals surface area contributed by atoms with E-state index in [1.54, 1.807) is 11.3 Å². The summed E-state index contributed by atoms with van der Waals surface area (Å²) in [7, 11) is 0. The van der Waals surface area contributed by atoms with Crippen LogP contribution < -0.4 is 5.73 Å². The van der Waals surface area contributed by atoms with E-state index in [2.05, 4.69) is 43.1 Å². The van der Waals surface area contributed by atoms with Crippen LogP contribution in [0.4, 0.5) is 5.13 Å². The van der Waals surface area contributed by atoms with Crippen molar-refractivity contribution in [2.24, 2.45) is 0 Å². The van der Waals surface area contributed by atoms with Crippen LogP contribution in [0.15, 0.2) is 24.3 Å². The number of aryl methyl sites for hydroxylation is 2. The molecule has 2 nitrogen and oxygen atoms in total. The zero-order chi connectivity index (χ0) is 13.7. The Morgan fingerprint density at radius 3 is 2.26 bits per heavy atom. The Morgan fingerprint density at radius 2 is 1.63 bits per heavy atom. The third-order valence-electron chi connectivity index (χ3n) is 3.21. The van der Waals surface area contributed by atoms with Gasteiger partial charge in [-0.1, -0.05) is 51.0 Å². The molecule has 3 heteroatoms. The van der Waals surface area contributed by atoms with Crippen LogP contribution in [0.2, 0.25) is 0 Å². The maximum absolute atomic E-state index is 5.83. The van der Waals surface area contributed by atoms with Gasteiger partial charge in [-0.05, 0) is 24.0 Å². The molecular formula is C16H22N2S. The zero-order valence-corrected chi connectivity index (χ0v) is 12.6. The number of nitrogens with two attached hydrogens (primary N) is 1.